The second-order valence-electron chi connectivity index (χ2n) is 14.8. The van der Waals surface area contributed by atoms with Crippen LogP contribution in [0.1, 0.15) is 82.1 Å². The number of aryl methyl sites for hydroxylation is 2. The van der Waals surface area contributed by atoms with Gasteiger partial charge in [0.15, 0.2) is 5.71 Å². The molecule has 0 saturated carbocycles. The molecule has 2 heteroatoms. The lowest BCUT2D eigenvalue weighted by atomic mass is 9.69. The van der Waals surface area contributed by atoms with Crippen molar-refractivity contribution in [1.29, 1.82) is 0 Å². The molecule has 0 saturated heterocycles. The van der Waals surface area contributed by atoms with Crippen molar-refractivity contribution in [3.05, 3.63) is 117 Å². The van der Waals surface area contributed by atoms with Gasteiger partial charge in [-0.05, 0) is 118 Å². The van der Waals surface area contributed by atoms with Gasteiger partial charge >= 0.3 is 0 Å². The maximum atomic E-state index is 2.57. The Labute approximate surface area is 253 Å². The van der Waals surface area contributed by atoms with E-state index in [1.807, 2.05) is 0 Å². The average Bonchev–Trinajstić information content (AvgIpc) is 3.25. The summed E-state index contributed by atoms with van der Waals surface area (Å²) in [6, 6.07) is 13.8. The molecule has 3 aliphatic carbocycles. The third-order valence-corrected chi connectivity index (χ3v) is 11.1. The molecular formula is C40H47N2+. The number of likely N-dealkylation sites (N-methyl/N-ethyl adjacent to an activating group) is 1. The van der Waals surface area contributed by atoms with Crippen LogP contribution in [0.25, 0.3) is 0 Å². The van der Waals surface area contributed by atoms with Crippen molar-refractivity contribution in [2.24, 2.45) is 11.8 Å². The summed E-state index contributed by atoms with van der Waals surface area (Å²) in [5, 5.41) is 0. The van der Waals surface area contributed by atoms with Crippen LogP contribution in [0.4, 0.5) is 11.4 Å². The van der Waals surface area contributed by atoms with E-state index in [1.54, 1.807) is 11.1 Å². The Morgan fingerprint density at radius 3 is 2.21 bits per heavy atom. The molecule has 0 radical (unpaired) electrons. The summed E-state index contributed by atoms with van der Waals surface area (Å²) in [5.74, 6) is 1.42. The zero-order valence-corrected chi connectivity index (χ0v) is 26.9. The van der Waals surface area contributed by atoms with Gasteiger partial charge in [0.1, 0.15) is 7.05 Å². The van der Waals surface area contributed by atoms with Crippen LogP contribution in [0.15, 0.2) is 94.8 Å². The Morgan fingerprint density at radius 2 is 1.45 bits per heavy atom. The summed E-state index contributed by atoms with van der Waals surface area (Å²) in [5.41, 5.74) is 17.2. The number of rotatable bonds is 2. The summed E-state index contributed by atoms with van der Waals surface area (Å²) in [7, 11) is 4.49. The Hall–Kier alpha value is -3.39. The van der Waals surface area contributed by atoms with Crippen molar-refractivity contribution in [1.82, 2.24) is 0 Å². The molecule has 0 bridgehead atoms. The molecule has 0 aromatic heterocycles. The van der Waals surface area contributed by atoms with Crippen LogP contribution in [-0.4, -0.2) is 24.4 Å². The van der Waals surface area contributed by atoms with Gasteiger partial charge in [-0.25, -0.2) is 0 Å². The number of fused-ring (bicyclic) bond motifs is 4. The summed E-state index contributed by atoms with van der Waals surface area (Å²) >= 11 is 0. The summed E-state index contributed by atoms with van der Waals surface area (Å²) in [6.07, 6.45) is 18.9. The zero-order valence-electron chi connectivity index (χ0n) is 26.9. The molecule has 0 fully saturated rings. The highest BCUT2D eigenvalue weighted by Gasteiger charge is 2.43. The molecular weight excluding hydrogens is 508 g/mol. The summed E-state index contributed by atoms with van der Waals surface area (Å²) < 4.78 is 2.42. The van der Waals surface area contributed by atoms with Gasteiger partial charge in [-0.1, -0.05) is 61.4 Å². The largest absolute Gasteiger partial charge is 0.347 e. The highest BCUT2D eigenvalue weighted by molar-refractivity contribution is 6.03. The van der Waals surface area contributed by atoms with E-state index in [9.17, 15) is 0 Å². The first-order valence-corrected chi connectivity index (χ1v) is 16.1. The van der Waals surface area contributed by atoms with Crippen LogP contribution in [0.5, 0.6) is 0 Å². The van der Waals surface area contributed by atoms with Crippen molar-refractivity contribution >= 4 is 17.1 Å². The van der Waals surface area contributed by atoms with Gasteiger partial charge in [0.2, 0.25) is 5.69 Å². The summed E-state index contributed by atoms with van der Waals surface area (Å²) in [6.45, 7) is 14.0. The Bertz CT molecular complexity index is 1700. The predicted molar refractivity (Wildman–Crippen MR) is 178 cm³/mol. The quantitative estimate of drug-likeness (QED) is 0.334. The molecule has 42 heavy (non-hydrogen) atoms. The Morgan fingerprint density at radius 1 is 0.786 bits per heavy atom. The van der Waals surface area contributed by atoms with E-state index in [-0.39, 0.29) is 10.8 Å². The third-order valence-electron chi connectivity index (χ3n) is 11.1. The molecule has 5 aliphatic rings. The Kier molecular flexibility index (Phi) is 6.25. The molecule has 2 heterocycles. The van der Waals surface area contributed by atoms with Gasteiger partial charge in [0.25, 0.3) is 0 Å². The van der Waals surface area contributed by atoms with Gasteiger partial charge < -0.3 is 4.90 Å². The first-order valence-electron chi connectivity index (χ1n) is 16.1. The fourth-order valence-electron chi connectivity index (χ4n) is 8.58. The van der Waals surface area contributed by atoms with E-state index < -0.39 is 0 Å². The lowest BCUT2D eigenvalue weighted by Gasteiger charge is -2.36. The number of allylic oxidation sites excluding steroid dienone is 10. The second-order valence-corrected chi connectivity index (χ2v) is 14.8. The van der Waals surface area contributed by atoms with Crippen molar-refractivity contribution in [2.75, 3.05) is 19.0 Å². The first-order chi connectivity index (χ1) is 19.9. The molecule has 2 unspecified atom stereocenters. The van der Waals surface area contributed by atoms with E-state index in [0.717, 1.165) is 0 Å². The minimum Gasteiger partial charge on any atom is -0.347 e. The number of hydrogen-bond acceptors (Lipinski definition) is 1. The highest BCUT2D eigenvalue weighted by Crippen LogP contribution is 2.49. The highest BCUT2D eigenvalue weighted by atomic mass is 15.2. The van der Waals surface area contributed by atoms with Crippen LogP contribution < -0.4 is 4.90 Å². The van der Waals surface area contributed by atoms with Gasteiger partial charge in [0, 0.05) is 41.6 Å². The van der Waals surface area contributed by atoms with Gasteiger partial charge in [-0.15, -0.1) is 0 Å². The minimum absolute atomic E-state index is 0.0165. The van der Waals surface area contributed by atoms with Crippen LogP contribution in [0.3, 0.4) is 0 Å². The van der Waals surface area contributed by atoms with Crippen molar-refractivity contribution in [3.8, 4) is 0 Å². The molecule has 0 amide bonds. The monoisotopic (exact) mass is 555 g/mol. The van der Waals surface area contributed by atoms with E-state index in [4.69, 9.17) is 0 Å². The topological polar surface area (TPSA) is 6.25 Å². The van der Waals surface area contributed by atoms with Crippen molar-refractivity contribution in [2.45, 2.75) is 84.5 Å². The molecule has 216 valence electrons. The maximum absolute atomic E-state index is 2.57. The molecule has 2 nitrogen and oxygen atoms in total. The number of nitrogens with zero attached hydrogens (tertiary/aromatic N) is 2. The average molecular weight is 556 g/mol. The van der Waals surface area contributed by atoms with E-state index in [1.165, 1.54) is 88.3 Å². The van der Waals surface area contributed by atoms with E-state index in [2.05, 4.69) is 132 Å². The van der Waals surface area contributed by atoms with Gasteiger partial charge in [-0.2, -0.15) is 4.58 Å². The molecule has 2 atom stereocenters. The van der Waals surface area contributed by atoms with E-state index in [0.29, 0.717) is 11.8 Å². The van der Waals surface area contributed by atoms with Crippen molar-refractivity contribution in [3.63, 3.8) is 0 Å². The van der Waals surface area contributed by atoms with Crippen molar-refractivity contribution < 1.29 is 4.58 Å². The molecule has 2 aromatic carbocycles. The zero-order chi connectivity index (χ0) is 29.6. The first kappa shape index (κ1) is 27.4. The molecule has 2 aromatic rings. The molecule has 7 rings (SSSR count). The standard InChI is InChI=1S/C40H47N2/c1-25-9-15-35-33(17-25)39(3,4)37(41(35)7)21-27-11-13-29-23-30-14-12-28(20-32(30)24-31(29)19-27)22-38-40(5,6)34-18-26(2)10-16-36(34)42(38)8/h9-10,15-22,24,29-30H,11-14,23H2,1-8H3/q+1. The SMILES string of the molecule is Cc1ccc2c(c1)C(C)(C)C(/C=C1/C=C3C=C4C=C(/C=C5/N(C)c6ccc(C)cc6C5(C)C)CCC4CC3CC1)=[N+]2C. The lowest BCUT2D eigenvalue weighted by molar-refractivity contribution is -0.401. The number of benzene rings is 2. The van der Waals surface area contributed by atoms with Gasteiger partial charge in [-0.3, -0.25) is 0 Å². The van der Waals surface area contributed by atoms with Gasteiger partial charge in [0.05, 0.1) is 5.41 Å². The normalized spacial score (nSPS) is 27.3. The molecule has 2 aliphatic heterocycles. The maximum Gasteiger partial charge on any atom is 0.209 e. The third kappa shape index (κ3) is 4.24. The fraction of sp³-hybridized carbons (Fsp3) is 0.425. The van der Waals surface area contributed by atoms with Crippen LogP contribution >= 0.6 is 0 Å². The number of hydrogen-bond donors (Lipinski definition) is 0. The lowest BCUT2D eigenvalue weighted by Crippen LogP contribution is -2.27. The van der Waals surface area contributed by atoms with E-state index >= 15 is 0 Å². The minimum atomic E-state index is 0.0165. The number of anilines is 1. The molecule has 0 spiro atoms. The van der Waals surface area contributed by atoms with Crippen LogP contribution in [-0.2, 0) is 10.8 Å². The Balaban J connectivity index is 1.21. The smallest absolute Gasteiger partial charge is 0.209 e. The fourth-order valence-corrected chi connectivity index (χ4v) is 8.58. The molecule has 0 N–H and O–H groups in total. The van der Waals surface area contributed by atoms with Crippen LogP contribution in [0.2, 0.25) is 0 Å². The summed E-state index contributed by atoms with van der Waals surface area (Å²) in [4.78, 5) is 2.42. The predicted octanol–water partition coefficient (Wildman–Crippen LogP) is 9.55. The van der Waals surface area contributed by atoms with Crippen LogP contribution in [0, 0.1) is 25.7 Å². The second kappa shape index (κ2) is 9.56.